The van der Waals surface area contributed by atoms with Gasteiger partial charge in [0.25, 0.3) is 11.7 Å². The molecule has 6 heteroatoms. The number of rotatable bonds is 6. The first-order valence-corrected chi connectivity index (χ1v) is 6.48. The van der Waals surface area contributed by atoms with Gasteiger partial charge in [-0.2, -0.15) is 0 Å². The number of para-hydroxylation sites is 1. The Kier molecular flexibility index (Phi) is 4.46. The van der Waals surface area contributed by atoms with Gasteiger partial charge in [0.05, 0.1) is 17.8 Å². The number of fused-ring (bicyclic) bond motifs is 1. The molecule has 1 aliphatic heterocycles. The van der Waals surface area contributed by atoms with Gasteiger partial charge in [0, 0.05) is 13.2 Å². The van der Waals surface area contributed by atoms with Crippen LogP contribution in [-0.4, -0.2) is 37.7 Å². The number of Topliss-reactive ketones (excluding diaryl/α,β-unsaturated/α-hetero) is 1. The molecule has 2 rings (SSSR count). The van der Waals surface area contributed by atoms with Crippen LogP contribution >= 0.6 is 0 Å². The minimum absolute atomic E-state index is 0.00639. The summed E-state index contributed by atoms with van der Waals surface area (Å²) in [6, 6.07) is 4.06. The van der Waals surface area contributed by atoms with Crippen LogP contribution in [0.1, 0.15) is 24.2 Å². The highest BCUT2D eigenvalue weighted by molar-refractivity contribution is 6.52. The first-order valence-electron chi connectivity index (χ1n) is 6.48. The van der Waals surface area contributed by atoms with Crippen molar-refractivity contribution in [2.45, 2.75) is 20.1 Å². The normalized spacial score (nSPS) is 14.3. The number of halogens is 1. The molecule has 1 aromatic carbocycles. The number of carbonyl (C=O) groups is 2. The van der Waals surface area contributed by atoms with Gasteiger partial charge in [0.1, 0.15) is 5.82 Å². The molecule has 1 heterocycles. The molecule has 0 aromatic heterocycles. The van der Waals surface area contributed by atoms with Gasteiger partial charge in [0.15, 0.2) is 6.29 Å². The summed E-state index contributed by atoms with van der Waals surface area (Å²) in [6.45, 7) is 4.35. The monoisotopic (exact) mass is 281 g/mol. The smallest absolute Gasteiger partial charge is 0.299 e. The van der Waals surface area contributed by atoms with Gasteiger partial charge >= 0.3 is 0 Å². The molecule has 0 saturated heterocycles. The molecule has 20 heavy (non-hydrogen) atoms. The summed E-state index contributed by atoms with van der Waals surface area (Å²) >= 11 is 0. The van der Waals surface area contributed by atoms with E-state index in [4.69, 9.17) is 9.47 Å². The van der Waals surface area contributed by atoms with Crippen molar-refractivity contribution < 1.29 is 23.5 Å². The Bertz CT molecular complexity index is 526. The van der Waals surface area contributed by atoms with Crippen LogP contribution in [0.25, 0.3) is 0 Å². The van der Waals surface area contributed by atoms with Crippen molar-refractivity contribution >= 4 is 17.4 Å². The van der Waals surface area contributed by atoms with E-state index in [1.165, 1.54) is 18.2 Å². The summed E-state index contributed by atoms with van der Waals surface area (Å²) in [5.41, 5.74) is 0.0913. The molecule has 0 spiro atoms. The fourth-order valence-electron chi connectivity index (χ4n) is 2.16. The van der Waals surface area contributed by atoms with Crippen molar-refractivity contribution in [2.75, 3.05) is 24.7 Å². The number of hydrogen-bond acceptors (Lipinski definition) is 4. The van der Waals surface area contributed by atoms with E-state index >= 15 is 0 Å². The van der Waals surface area contributed by atoms with Gasteiger partial charge in [-0.25, -0.2) is 4.39 Å². The van der Waals surface area contributed by atoms with Crippen LogP contribution in [0, 0.1) is 5.82 Å². The predicted octanol–water partition coefficient (Wildman–Crippen LogP) is 1.75. The first kappa shape index (κ1) is 14.6. The molecule has 0 saturated carbocycles. The van der Waals surface area contributed by atoms with Crippen molar-refractivity contribution in [1.29, 1.82) is 0 Å². The molecular weight excluding hydrogens is 265 g/mol. The minimum Gasteiger partial charge on any atom is -0.351 e. The van der Waals surface area contributed by atoms with E-state index < -0.39 is 23.8 Å². The van der Waals surface area contributed by atoms with Crippen molar-refractivity contribution in [1.82, 2.24) is 0 Å². The van der Waals surface area contributed by atoms with Gasteiger partial charge in [-0.3, -0.25) is 14.5 Å². The Morgan fingerprint density at radius 1 is 1.20 bits per heavy atom. The van der Waals surface area contributed by atoms with Gasteiger partial charge in [0.2, 0.25) is 0 Å². The lowest BCUT2D eigenvalue weighted by molar-refractivity contribution is -0.134. The molecule has 0 radical (unpaired) electrons. The molecule has 0 atom stereocenters. The second-order valence-electron chi connectivity index (χ2n) is 4.22. The summed E-state index contributed by atoms with van der Waals surface area (Å²) in [5, 5.41) is 0. The summed E-state index contributed by atoms with van der Waals surface area (Å²) in [5.74, 6) is -2.06. The molecule has 5 nitrogen and oxygen atoms in total. The average molecular weight is 281 g/mol. The van der Waals surface area contributed by atoms with E-state index in [2.05, 4.69) is 0 Å². The van der Waals surface area contributed by atoms with Crippen LogP contribution in [-0.2, 0) is 14.3 Å². The Morgan fingerprint density at radius 2 is 1.85 bits per heavy atom. The first-order chi connectivity index (χ1) is 9.60. The molecule has 0 N–H and O–H groups in total. The molecule has 0 fully saturated rings. The maximum absolute atomic E-state index is 13.9. The SMILES string of the molecule is CCOC(CN1C(=O)C(=O)c2cccc(F)c21)OCC. The zero-order chi connectivity index (χ0) is 14.7. The molecule has 1 amide bonds. The fourth-order valence-corrected chi connectivity index (χ4v) is 2.16. The maximum Gasteiger partial charge on any atom is 0.299 e. The molecule has 1 aliphatic rings. The molecule has 0 bridgehead atoms. The van der Waals surface area contributed by atoms with E-state index in [0.717, 1.165) is 4.90 Å². The van der Waals surface area contributed by atoms with Crippen LogP contribution in [0.4, 0.5) is 10.1 Å². The largest absolute Gasteiger partial charge is 0.351 e. The Hall–Kier alpha value is -1.79. The van der Waals surface area contributed by atoms with Gasteiger partial charge in [-0.15, -0.1) is 0 Å². The number of carbonyl (C=O) groups excluding carboxylic acids is 2. The van der Waals surface area contributed by atoms with Crippen LogP contribution in [0.2, 0.25) is 0 Å². The lowest BCUT2D eigenvalue weighted by Crippen LogP contribution is -2.39. The lowest BCUT2D eigenvalue weighted by atomic mass is 10.1. The third-order valence-electron chi connectivity index (χ3n) is 2.98. The highest BCUT2D eigenvalue weighted by atomic mass is 19.1. The third kappa shape index (κ3) is 2.57. The number of hydrogen-bond donors (Lipinski definition) is 0. The standard InChI is InChI=1S/C14H16FNO4/c1-3-19-11(20-4-2)8-16-12-9(13(17)14(16)18)6-5-7-10(12)15/h5-7,11H,3-4,8H2,1-2H3. The fraction of sp³-hybridized carbons (Fsp3) is 0.429. The van der Waals surface area contributed by atoms with Gasteiger partial charge in [-0.1, -0.05) is 6.07 Å². The van der Waals surface area contributed by atoms with E-state index in [1.54, 1.807) is 13.8 Å². The Balaban J connectivity index is 2.29. The summed E-state index contributed by atoms with van der Waals surface area (Å²) in [6.07, 6.45) is -0.688. The molecule has 1 aromatic rings. The number of ether oxygens (including phenoxy) is 2. The summed E-state index contributed by atoms with van der Waals surface area (Å²) in [4.78, 5) is 24.9. The second kappa shape index (κ2) is 6.11. The summed E-state index contributed by atoms with van der Waals surface area (Å²) in [7, 11) is 0. The number of benzene rings is 1. The summed E-state index contributed by atoms with van der Waals surface area (Å²) < 4.78 is 24.5. The van der Waals surface area contributed by atoms with Crippen molar-refractivity contribution in [3.63, 3.8) is 0 Å². The number of amides is 1. The number of ketones is 1. The maximum atomic E-state index is 13.9. The van der Waals surface area contributed by atoms with Gasteiger partial charge < -0.3 is 9.47 Å². The van der Waals surface area contributed by atoms with E-state index in [0.29, 0.717) is 13.2 Å². The van der Waals surface area contributed by atoms with Crippen LogP contribution in [0.5, 0.6) is 0 Å². The minimum atomic E-state index is -0.755. The predicted molar refractivity (Wildman–Crippen MR) is 70.1 cm³/mol. The van der Waals surface area contributed by atoms with Gasteiger partial charge in [-0.05, 0) is 26.0 Å². The highest BCUT2D eigenvalue weighted by Crippen LogP contribution is 2.31. The lowest BCUT2D eigenvalue weighted by Gasteiger charge is -2.23. The van der Waals surface area contributed by atoms with Crippen molar-refractivity contribution in [3.05, 3.63) is 29.6 Å². The topological polar surface area (TPSA) is 55.8 Å². The molecular formula is C14H16FNO4. The quantitative estimate of drug-likeness (QED) is 0.589. The van der Waals surface area contributed by atoms with E-state index in [1.807, 2.05) is 0 Å². The van der Waals surface area contributed by atoms with Crippen molar-refractivity contribution in [2.24, 2.45) is 0 Å². The average Bonchev–Trinajstić information content (AvgIpc) is 2.66. The van der Waals surface area contributed by atoms with E-state index in [-0.39, 0.29) is 17.8 Å². The van der Waals surface area contributed by atoms with Crippen LogP contribution in [0.3, 0.4) is 0 Å². The second-order valence-corrected chi connectivity index (χ2v) is 4.22. The zero-order valence-electron chi connectivity index (χ0n) is 11.4. The Labute approximate surface area is 116 Å². The molecule has 0 unspecified atom stereocenters. The van der Waals surface area contributed by atoms with E-state index in [9.17, 15) is 14.0 Å². The highest BCUT2D eigenvalue weighted by Gasteiger charge is 2.39. The van der Waals surface area contributed by atoms with Crippen LogP contribution < -0.4 is 4.90 Å². The number of nitrogens with zero attached hydrogens (tertiary/aromatic N) is 1. The Morgan fingerprint density at radius 3 is 2.45 bits per heavy atom. The molecule has 108 valence electrons. The van der Waals surface area contributed by atoms with Crippen molar-refractivity contribution in [3.8, 4) is 0 Å². The van der Waals surface area contributed by atoms with Crippen LogP contribution in [0.15, 0.2) is 18.2 Å². The third-order valence-corrected chi connectivity index (χ3v) is 2.98. The number of anilines is 1. The molecule has 0 aliphatic carbocycles. The zero-order valence-corrected chi connectivity index (χ0v) is 11.4.